The molecule has 1 fully saturated rings. The number of hydrogen-bond donors (Lipinski definition) is 1. The number of carbonyl (C=O) groups excluding carboxylic acids is 1. The highest BCUT2D eigenvalue weighted by Gasteiger charge is 2.14. The van der Waals surface area contributed by atoms with Gasteiger partial charge in [-0.3, -0.25) is 0 Å². The number of nitrogens with one attached hydrogen (secondary N) is 1. The molecule has 1 saturated heterocycles. The Bertz CT molecular complexity index is 445. The molecule has 19 heavy (non-hydrogen) atoms. The number of anilines is 1. The van der Waals surface area contributed by atoms with Crippen LogP contribution in [0.15, 0.2) is 12.1 Å². The molecule has 1 aliphatic rings. The van der Waals surface area contributed by atoms with Crippen molar-refractivity contribution in [2.75, 3.05) is 24.7 Å². The standard InChI is InChI=1S/C14H20N2O2S/c1-10-12(14(17)18-2)6-7-13(16-10)15-9-11-5-3-4-8-19-11/h6-7,11H,3-5,8-9H2,1-2H3,(H,15,16). The van der Waals surface area contributed by atoms with Crippen LogP contribution in [0, 0.1) is 6.92 Å². The third-order valence-electron chi connectivity index (χ3n) is 3.28. The zero-order valence-electron chi connectivity index (χ0n) is 11.4. The third-order valence-corrected chi connectivity index (χ3v) is 4.67. The van der Waals surface area contributed by atoms with E-state index in [-0.39, 0.29) is 5.97 Å². The molecule has 5 heteroatoms. The predicted molar refractivity (Wildman–Crippen MR) is 78.9 cm³/mol. The molecule has 1 unspecified atom stereocenters. The molecule has 0 bridgehead atoms. The number of pyridine rings is 1. The van der Waals surface area contributed by atoms with Gasteiger partial charge in [-0.25, -0.2) is 9.78 Å². The molecule has 0 spiro atoms. The first kappa shape index (κ1) is 14.2. The lowest BCUT2D eigenvalue weighted by Crippen LogP contribution is -2.20. The molecule has 1 aromatic rings. The highest BCUT2D eigenvalue weighted by molar-refractivity contribution is 7.99. The van der Waals surface area contributed by atoms with Crippen LogP contribution in [0.25, 0.3) is 0 Å². The second-order valence-corrected chi connectivity index (χ2v) is 6.10. The maximum atomic E-state index is 11.5. The summed E-state index contributed by atoms with van der Waals surface area (Å²) in [6.45, 7) is 2.77. The first-order valence-electron chi connectivity index (χ1n) is 6.62. The van der Waals surface area contributed by atoms with E-state index in [0.717, 1.165) is 12.4 Å². The Hall–Kier alpha value is -1.23. The number of nitrogens with zero attached hydrogens (tertiary/aromatic N) is 1. The second-order valence-electron chi connectivity index (χ2n) is 4.69. The number of esters is 1. The quantitative estimate of drug-likeness (QED) is 0.859. The Morgan fingerprint density at radius 2 is 2.37 bits per heavy atom. The molecule has 0 aliphatic carbocycles. The van der Waals surface area contributed by atoms with Gasteiger partial charge in [0.1, 0.15) is 5.82 Å². The highest BCUT2D eigenvalue weighted by Crippen LogP contribution is 2.25. The SMILES string of the molecule is COC(=O)c1ccc(NCC2CCCCS2)nc1C. The molecule has 0 amide bonds. The zero-order chi connectivity index (χ0) is 13.7. The van der Waals surface area contributed by atoms with Gasteiger partial charge in [-0.1, -0.05) is 6.42 Å². The number of thioether (sulfide) groups is 1. The summed E-state index contributed by atoms with van der Waals surface area (Å²) < 4.78 is 4.71. The van der Waals surface area contributed by atoms with Crippen molar-refractivity contribution in [3.63, 3.8) is 0 Å². The fourth-order valence-electron chi connectivity index (χ4n) is 2.17. The van der Waals surface area contributed by atoms with E-state index in [4.69, 9.17) is 4.74 Å². The van der Waals surface area contributed by atoms with Crippen LogP contribution in [-0.4, -0.2) is 35.6 Å². The van der Waals surface area contributed by atoms with E-state index in [1.807, 2.05) is 24.8 Å². The van der Waals surface area contributed by atoms with E-state index >= 15 is 0 Å². The van der Waals surface area contributed by atoms with E-state index in [2.05, 4.69) is 10.3 Å². The molecule has 2 heterocycles. The molecule has 1 aliphatic heterocycles. The molecule has 4 nitrogen and oxygen atoms in total. The number of carbonyl (C=O) groups is 1. The smallest absolute Gasteiger partial charge is 0.339 e. The average molecular weight is 280 g/mol. The third kappa shape index (κ3) is 3.86. The number of aryl methyl sites for hydroxylation is 1. The molecule has 2 rings (SSSR count). The lowest BCUT2D eigenvalue weighted by atomic mass is 10.2. The van der Waals surface area contributed by atoms with Crippen LogP contribution in [-0.2, 0) is 4.74 Å². The van der Waals surface area contributed by atoms with E-state index in [0.29, 0.717) is 16.5 Å². The first-order chi connectivity index (χ1) is 9.20. The van der Waals surface area contributed by atoms with Gasteiger partial charge in [-0.2, -0.15) is 11.8 Å². The predicted octanol–water partition coefficient (Wildman–Crippen LogP) is 2.87. The van der Waals surface area contributed by atoms with Crippen molar-refractivity contribution >= 4 is 23.5 Å². The fraction of sp³-hybridized carbons (Fsp3) is 0.571. The summed E-state index contributed by atoms with van der Waals surface area (Å²) in [5.41, 5.74) is 1.23. The largest absolute Gasteiger partial charge is 0.465 e. The van der Waals surface area contributed by atoms with Crippen molar-refractivity contribution in [2.24, 2.45) is 0 Å². The summed E-state index contributed by atoms with van der Waals surface area (Å²) in [5, 5.41) is 4.03. The molecule has 1 aromatic heterocycles. The minimum absolute atomic E-state index is 0.334. The number of ether oxygens (including phenoxy) is 1. The Labute approximate surface area is 118 Å². The molecule has 0 saturated carbocycles. The normalized spacial score (nSPS) is 18.9. The van der Waals surface area contributed by atoms with E-state index in [1.54, 1.807) is 6.07 Å². The average Bonchev–Trinajstić information content (AvgIpc) is 2.45. The zero-order valence-corrected chi connectivity index (χ0v) is 12.3. The van der Waals surface area contributed by atoms with Gasteiger partial charge < -0.3 is 10.1 Å². The Morgan fingerprint density at radius 1 is 1.53 bits per heavy atom. The molecule has 0 radical (unpaired) electrons. The van der Waals surface area contributed by atoms with Crippen LogP contribution in [0.2, 0.25) is 0 Å². The Morgan fingerprint density at radius 3 is 3.00 bits per heavy atom. The molecule has 1 atom stereocenters. The number of hydrogen-bond acceptors (Lipinski definition) is 5. The molecule has 104 valence electrons. The molecule has 0 aromatic carbocycles. The van der Waals surface area contributed by atoms with Crippen molar-refractivity contribution in [3.8, 4) is 0 Å². The first-order valence-corrected chi connectivity index (χ1v) is 7.67. The maximum Gasteiger partial charge on any atom is 0.339 e. The Balaban J connectivity index is 1.94. The van der Waals surface area contributed by atoms with Gasteiger partial charge in [-0.05, 0) is 37.7 Å². The van der Waals surface area contributed by atoms with Gasteiger partial charge in [0.2, 0.25) is 0 Å². The molecular formula is C14H20N2O2S. The van der Waals surface area contributed by atoms with Crippen LogP contribution in [0.1, 0.15) is 35.3 Å². The summed E-state index contributed by atoms with van der Waals surface area (Å²) in [4.78, 5) is 15.9. The number of rotatable bonds is 4. The topological polar surface area (TPSA) is 51.2 Å². The lowest BCUT2D eigenvalue weighted by molar-refractivity contribution is 0.0599. The van der Waals surface area contributed by atoms with Crippen molar-refractivity contribution in [1.82, 2.24) is 4.98 Å². The van der Waals surface area contributed by atoms with Crippen LogP contribution in [0.3, 0.4) is 0 Å². The summed E-state index contributed by atoms with van der Waals surface area (Å²) in [6, 6.07) is 3.61. The van der Waals surface area contributed by atoms with Gasteiger partial charge in [0.05, 0.1) is 18.4 Å². The van der Waals surface area contributed by atoms with Crippen molar-refractivity contribution in [1.29, 1.82) is 0 Å². The van der Waals surface area contributed by atoms with E-state index in [1.165, 1.54) is 32.1 Å². The lowest BCUT2D eigenvalue weighted by Gasteiger charge is -2.21. The molecular weight excluding hydrogens is 260 g/mol. The minimum atomic E-state index is -0.334. The summed E-state index contributed by atoms with van der Waals surface area (Å²) in [6.07, 6.45) is 3.94. The summed E-state index contributed by atoms with van der Waals surface area (Å²) in [7, 11) is 1.38. The van der Waals surface area contributed by atoms with E-state index < -0.39 is 0 Å². The molecule has 1 N–H and O–H groups in total. The maximum absolute atomic E-state index is 11.5. The highest BCUT2D eigenvalue weighted by atomic mass is 32.2. The monoisotopic (exact) mass is 280 g/mol. The van der Waals surface area contributed by atoms with Crippen LogP contribution in [0.4, 0.5) is 5.82 Å². The van der Waals surface area contributed by atoms with Gasteiger partial charge >= 0.3 is 5.97 Å². The minimum Gasteiger partial charge on any atom is -0.465 e. The van der Waals surface area contributed by atoms with E-state index in [9.17, 15) is 4.79 Å². The summed E-state index contributed by atoms with van der Waals surface area (Å²) in [5.74, 6) is 1.76. The van der Waals surface area contributed by atoms with Gasteiger partial charge in [-0.15, -0.1) is 0 Å². The van der Waals surface area contributed by atoms with Crippen molar-refractivity contribution < 1.29 is 9.53 Å². The van der Waals surface area contributed by atoms with Gasteiger partial charge in [0.15, 0.2) is 0 Å². The summed E-state index contributed by atoms with van der Waals surface area (Å²) >= 11 is 2.03. The fourth-order valence-corrected chi connectivity index (χ4v) is 3.41. The van der Waals surface area contributed by atoms with Crippen molar-refractivity contribution in [2.45, 2.75) is 31.4 Å². The van der Waals surface area contributed by atoms with Crippen LogP contribution < -0.4 is 5.32 Å². The number of aromatic nitrogens is 1. The Kier molecular flexibility index (Phi) is 5.07. The second kappa shape index (κ2) is 6.80. The number of methoxy groups -OCH3 is 1. The van der Waals surface area contributed by atoms with Crippen LogP contribution >= 0.6 is 11.8 Å². The van der Waals surface area contributed by atoms with Crippen LogP contribution in [0.5, 0.6) is 0 Å². The van der Waals surface area contributed by atoms with Gasteiger partial charge in [0.25, 0.3) is 0 Å². The van der Waals surface area contributed by atoms with Crippen molar-refractivity contribution in [3.05, 3.63) is 23.4 Å². The van der Waals surface area contributed by atoms with Gasteiger partial charge in [0, 0.05) is 11.8 Å².